The molecule has 5 rings (SSSR count). The number of carbonyl (C=O) groups is 1. The predicted molar refractivity (Wildman–Crippen MR) is 129 cm³/mol. The summed E-state index contributed by atoms with van der Waals surface area (Å²) < 4.78 is 1.92. The highest BCUT2D eigenvalue weighted by Crippen LogP contribution is 2.20. The van der Waals surface area contributed by atoms with E-state index in [1.807, 2.05) is 53.9 Å². The van der Waals surface area contributed by atoms with Gasteiger partial charge in [0.05, 0.1) is 27.9 Å². The zero-order valence-corrected chi connectivity index (χ0v) is 18.7. The first-order chi connectivity index (χ1) is 16.0. The molecule has 0 aliphatic heterocycles. The summed E-state index contributed by atoms with van der Waals surface area (Å²) in [6, 6.07) is 13.3. The third-order valence-corrected chi connectivity index (χ3v) is 5.75. The van der Waals surface area contributed by atoms with Crippen LogP contribution in [0.3, 0.4) is 0 Å². The molecule has 0 unspecified atom stereocenters. The van der Waals surface area contributed by atoms with Crippen LogP contribution in [-0.4, -0.2) is 25.3 Å². The lowest BCUT2D eigenvalue weighted by Gasteiger charge is -2.09. The second-order valence-electron chi connectivity index (χ2n) is 7.94. The first-order valence-electron chi connectivity index (χ1n) is 10.5. The smallest absolute Gasteiger partial charge is 0.251 e. The number of rotatable bonds is 5. The molecule has 1 amide bonds. The van der Waals surface area contributed by atoms with Gasteiger partial charge in [-0.05, 0) is 54.4 Å². The SMILES string of the molecule is Cc1ncc2c(N)cc(CNC(=O)c3ccnc(Cc4ccc5ncc(Cl)cc5c4)c3)cn12. The quantitative estimate of drug-likeness (QED) is 0.410. The second kappa shape index (κ2) is 8.52. The minimum Gasteiger partial charge on any atom is -0.397 e. The molecule has 4 heterocycles. The van der Waals surface area contributed by atoms with E-state index in [0.717, 1.165) is 39.1 Å². The summed E-state index contributed by atoms with van der Waals surface area (Å²) in [7, 11) is 0. The molecule has 3 N–H and O–H groups in total. The van der Waals surface area contributed by atoms with Crippen LogP contribution in [0, 0.1) is 6.92 Å². The van der Waals surface area contributed by atoms with Gasteiger partial charge in [-0.1, -0.05) is 17.7 Å². The maximum Gasteiger partial charge on any atom is 0.251 e. The van der Waals surface area contributed by atoms with E-state index in [2.05, 4.69) is 20.3 Å². The summed E-state index contributed by atoms with van der Waals surface area (Å²) in [4.78, 5) is 25.8. The first-order valence-corrected chi connectivity index (χ1v) is 10.8. The lowest BCUT2D eigenvalue weighted by atomic mass is 10.0. The Labute approximate surface area is 195 Å². The van der Waals surface area contributed by atoms with Gasteiger partial charge in [-0.3, -0.25) is 14.8 Å². The topological polar surface area (TPSA) is 98.2 Å². The zero-order chi connectivity index (χ0) is 22.9. The fourth-order valence-corrected chi connectivity index (χ4v) is 4.04. The van der Waals surface area contributed by atoms with Crippen molar-refractivity contribution in [2.75, 3.05) is 5.73 Å². The van der Waals surface area contributed by atoms with Crippen LogP contribution in [0.2, 0.25) is 5.02 Å². The van der Waals surface area contributed by atoms with E-state index < -0.39 is 0 Å². The van der Waals surface area contributed by atoms with Gasteiger partial charge in [0, 0.05) is 48.2 Å². The monoisotopic (exact) mass is 456 g/mol. The largest absolute Gasteiger partial charge is 0.397 e. The second-order valence-corrected chi connectivity index (χ2v) is 8.38. The Hall–Kier alpha value is -3.97. The van der Waals surface area contributed by atoms with Crippen molar-refractivity contribution in [2.45, 2.75) is 19.9 Å². The van der Waals surface area contributed by atoms with Gasteiger partial charge in [0.1, 0.15) is 5.82 Å². The molecular weight excluding hydrogens is 436 g/mol. The van der Waals surface area contributed by atoms with E-state index in [-0.39, 0.29) is 5.91 Å². The lowest BCUT2D eigenvalue weighted by molar-refractivity contribution is 0.0950. The lowest BCUT2D eigenvalue weighted by Crippen LogP contribution is -2.23. The Kier molecular flexibility index (Phi) is 5.40. The van der Waals surface area contributed by atoms with Crippen molar-refractivity contribution in [1.29, 1.82) is 0 Å². The molecule has 4 aromatic heterocycles. The number of nitrogens with two attached hydrogens (primary N) is 1. The number of hydrogen-bond donors (Lipinski definition) is 2. The molecule has 8 heteroatoms. The van der Waals surface area contributed by atoms with Gasteiger partial charge in [-0.25, -0.2) is 4.98 Å². The van der Waals surface area contributed by atoms with Gasteiger partial charge in [0.2, 0.25) is 0 Å². The molecule has 164 valence electrons. The molecule has 1 aromatic carbocycles. The number of benzene rings is 1. The van der Waals surface area contributed by atoms with Gasteiger partial charge in [-0.2, -0.15) is 0 Å². The molecule has 0 saturated heterocycles. The summed E-state index contributed by atoms with van der Waals surface area (Å²) >= 11 is 6.07. The first kappa shape index (κ1) is 20.9. The number of halogens is 1. The van der Waals surface area contributed by atoms with Crippen molar-refractivity contribution in [2.24, 2.45) is 0 Å². The third kappa shape index (κ3) is 4.36. The highest BCUT2D eigenvalue weighted by molar-refractivity contribution is 6.31. The minimum absolute atomic E-state index is 0.172. The molecule has 0 radical (unpaired) electrons. The molecule has 0 aliphatic carbocycles. The number of aromatic nitrogens is 4. The van der Waals surface area contributed by atoms with Crippen molar-refractivity contribution in [1.82, 2.24) is 24.7 Å². The van der Waals surface area contributed by atoms with E-state index in [4.69, 9.17) is 17.3 Å². The van der Waals surface area contributed by atoms with E-state index in [1.165, 1.54) is 0 Å². The highest BCUT2D eigenvalue weighted by Gasteiger charge is 2.10. The van der Waals surface area contributed by atoms with E-state index in [0.29, 0.717) is 29.2 Å². The molecule has 0 bridgehead atoms. The third-order valence-electron chi connectivity index (χ3n) is 5.54. The zero-order valence-electron chi connectivity index (χ0n) is 17.9. The molecule has 33 heavy (non-hydrogen) atoms. The number of nitrogens with one attached hydrogen (secondary N) is 1. The number of hydrogen-bond acceptors (Lipinski definition) is 5. The maximum absolute atomic E-state index is 12.8. The van der Waals surface area contributed by atoms with Gasteiger partial charge in [-0.15, -0.1) is 0 Å². The van der Waals surface area contributed by atoms with Gasteiger partial charge < -0.3 is 15.5 Å². The summed E-state index contributed by atoms with van der Waals surface area (Å²) in [5, 5.41) is 4.53. The number of aryl methyl sites for hydroxylation is 1. The molecule has 7 nitrogen and oxygen atoms in total. The van der Waals surface area contributed by atoms with E-state index in [9.17, 15) is 4.79 Å². The maximum atomic E-state index is 12.8. The van der Waals surface area contributed by atoms with Crippen LogP contribution < -0.4 is 11.1 Å². The number of nitrogen functional groups attached to an aromatic ring is 1. The van der Waals surface area contributed by atoms with Crippen LogP contribution in [0.15, 0.2) is 67.3 Å². The molecule has 0 fully saturated rings. The van der Waals surface area contributed by atoms with Crippen LogP contribution >= 0.6 is 11.6 Å². The fourth-order valence-electron chi connectivity index (χ4n) is 3.88. The Morgan fingerprint density at radius 3 is 2.82 bits per heavy atom. The average molecular weight is 457 g/mol. The van der Waals surface area contributed by atoms with Crippen LogP contribution in [0.5, 0.6) is 0 Å². The highest BCUT2D eigenvalue weighted by atomic mass is 35.5. The molecule has 0 atom stereocenters. The van der Waals surface area contributed by atoms with Crippen LogP contribution in [0.1, 0.15) is 33.0 Å². The fraction of sp³-hybridized carbons (Fsp3) is 0.120. The molecule has 0 saturated carbocycles. The van der Waals surface area contributed by atoms with Crippen molar-refractivity contribution < 1.29 is 4.79 Å². The summed E-state index contributed by atoms with van der Waals surface area (Å²) in [6.07, 6.45) is 7.56. The number of nitrogens with zero attached hydrogens (tertiary/aromatic N) is 4. The molecular formula is C25H21ClN6O. The number of fused-ring (bicyclic) bond motifs is 2. The normalized spacial score (nSPS) is 11.2. The van der Waals surface area contributed by atoms with E-state index in [1.54, 1.807) is 24.7 Å². The van der Waals surface area contributed by atoms with Crippen LogP contribution in [-0.2, 0) is 13.0 Å². The van der Waals surface area contributed by atoms with Crippen LogP contribution in [0.25, 0.3) is 16.4 Å². The number of pyridine rings is 3. The predicted octanol–water partition coefficient (Wildman–Crippen LogP) is 4.34. The number of anilines is 1. The number of imidazole rings is 1. The van der Waals surface area contributed by atoms with Crippen LogP contribution in [0.4, 0.5) is 5.69 Å². The minimum atomic E-state index is -0.172. The van der Waals surface area contributed by atoms with Crippen molar-refractivity contribution in [3.8, 4) is 0 Å². The average Bonchev–Trinajstić information content (AvgIpc) is 3.18. The molecule has 0 aliphatic rings. The van der Waals surface area contributed by atoms with Gasteiger partial charge >= 0.3 is 0 Å². The van der Waals surface area contributed by atoms with Crippen molar-refractivity contribution >= 4 is 39.6 Å². The van der Waals surface area contributed by atoms with Crippen molar-refractivity contribution in [3.05, 3.63) is 100 Å². The number of carbonyl (C=O) groups excluding carboxylic acids is 1. The van der Waals surface area contributed by atoms with Gasteiger partial charge in [0.15, 0.2) is 0 Å². The summed E-state index contributed by atoms with van der Waals surface area (Å²) in [5.74, 6) is 0.671. The van der Waals surface area contributed by atoms with Gasteiger partial charge in [0.25, 0.3) is 5.91 Å². The number of amides is 1. The Bertz CT molecular complexity index is 1510. The Balaban J connectivity index is 1.30. The summed E-state index contributed by atoms with van der Waals surface area (Å²) in [5.41, 5.74) is 11.8. The standard InChI is InChI=1S/C25H21ClN6O/c1-15-29-13-24-22(27)8-17(14-32(15)24)11-31-25(33)18-4-5-28-21(10-18)7-16-2-3-23-19(6-16)9-20(26)12-30-23/h2-6,8-10,12-14H,7,11,27H2,1H3,(H,31,33). The molecule has 5 aromatic rings. The summed E-state index contributed by atoms with van der Waals surface area (Å²) in [6.45, 7) is 2.26. The molecule has 0 spiro atoms. The Morgan fingerprint density at radius 1 is 1.06 bits per heavy atom. The van der Waals surface area contributed by atoms with E-state index >= 15 is 0 Å². The van der Waals surface area contributed by atoms with Crippen molar-refractivity contribution in [3.63, 3.8) is 0 Å². The Morgan fingerprint density at radius 2 is 1.94 bits per heavy atom.